The second kappa shape index (κ2) is 18.7. The molecule has 11 nitrogen and oxygen atoms in total. The monoisotopic (exact) mass is 636 g/mol. The first-order valence-electron chi connectivity index (χ1n) is 16.0. The van der Waals surface area contributed by atoms with Crippen LogP contribution in [0.1, 0.15) is 65.5 Å². The molecule has 11 heteroatoms. The van der Waals surface area contributed by atoms with Crippen molar-refractivity contribution in [3.63, 3.8) is 0 Å². The molecule has 0 unspecified atom stereocenters. The van der Waals surface area contributed by atoms with Gasteiger partial charge in [0.05, 0.1) is 6.04 Å². The van der Waals surface area contributed by atoms with Gasteiger partial charge in [-0.25, -0.2) is 0 Å². The lowest BCUT2D eigenvalue weighted by molar-refractivity contribution is -0.135. The van der Waals surface area contributed by atoms with Crippen LogP contribution >= 0.6 is 0 Å². The van der Waals surface area contributed by atoms with Crippen LogP contribution in [0.25, 0.3) is 0 Å². The number of hydrogen-bond acceptors (Lipinski definition) is 6. The summed E-state index contributed by atoms with van der Waals surface area (Å²) in [6.07, 6.45) is 1.05. The lowest BCUT2D eigenvalue weighted by Gasteiger charge is -2.28. The Hall–Kier alpha value is -4.25. The van der Waals surface area contributed by atoms with E-state index in [4.69, 9.17) is 11.5 Å². The normalized spacial score (nSPS) is 14.6. The van der Waals surface area contributed by atoms with E-state index in [1.54, 1.807) is 13.8 Å². The average Bonchev–Trinajstić information content (AvgIpc) is 2.98. The Balaban J connectivity index is 2.36. The highest BCUT2D eigenvalue weighted by Crippen LogP contribution is 2.11. The number of carbonyl (C=O) groups is 5. The molecule has 0 saturated heterocycles. The fourth-order valence-corrected chi connectivity index (χ4v) is 5.05. The third-order valence-corrected chi connectivity index (χ3v) is 7.51. The van der Waals surface area contributed by atoms with Gasteiger partial charge < -0.3 is 32.7 Å². The lowest BCUT2D eigenvalue weighted by Crippen LogP contribution is -2.60. The first-order chi connectivity index (χ1) is 21.7. The van der Waals surface area contributed by atoms with E-state index in [0.717, 1.165) is 11.1 Å². The summed E-state index contributed by atoms with van der Waals surface area (Å²) >= 11 is 0. The number of nitrogens with two attached hydrogens (primary N) is 2. The Kier molecular flexibility index (Phi) is 15.4. The summed E-state index contributed by atoms with van der Waals surface area (Å²) in [6.45, 7) is 11.3. The molecule has 252 valence electrons. The molecule has 2 rings (SSSR count). The second-order valence-corrected chi connectivity index (χ2v) is 13.1. The van der Waals surface area contributed by atoms with Crippen molar-refractivity contribution in [2.75, 3.05) is 0 Å². The fraction of sp³-hybridized carbons (Fsp3) is 0.514. The predicted octanol–water partition coefficient (Wildman–Crippen LogP) is 1.97. The molecule has 0 heterocycles. The maximum Gasteiger partial charge on any atom is 0.243 e. The number of primary amides is 1. The van der Waals surface area contributed by atoms with Crippen molar-refractivity contribution in [2.45, 2.75) is 97.4 Å². The van der Waals surface area contributed by atoms with Crippen LogP contribution in [-0.2, 0) is 36.8 Å². The van der Waals surface area contributed by atoms with E-state index in [-0.39, 0.29) is 30.6 Å². The molecule has 0 aliphatic carbocycles. The lowest BCUT2D eigenvalue weighted by atomic mass is 9.98. The first kappa shape index (κ1) is 37.9. The van der Waals surface area contributed by atoms with E-state index in [1.165, 1.54) is 0 Å². The van der Waals surface area contributed by atoms with Crippen molar-refractivity contribution in [3.8, 4) is 0 Å². The number of nitrogens with one attached hydrogen (secondary N) is 4. The molecule has 0 aliphatic heterocycles. The summed E-state index contributed by atoms with van der Waals surface area (Å²) < 4.78 is 0. The van der Waals surface area contributed by atoms with Crippen molar-refractivity contribution in [2.24, 2.45) is 29.2 Å². The Morgan fingerprint density at radius 1 is 0.565 bits per heavy atom. The average molecular weight is 637 g/mol. The molecule has 5 amide bonds. The van der Waals surface area contributed by atoms with Gasteiger partial charge in [-0.3, -0.25) is 24.0 Å². The highest BCUT2D eigenvalue weighted by Gasteiger charge is 2.33. The quantitative estimate of drug-likeness (QED) is 0.145. The molecule has 0 bridgehead atoms. The highest BCUT2D eigenvalue weighted by atomic mass is 16.2. The SMILES string of the molecule is CC(C)C[C@@H](N)C(=O)N[C@@H](C(=O)N[C@H](Cc1ccccc1)C(=O)N[C@H](Cc1ccccc1)C(=O)N[C@H](CC(C)C)C(N)=O)C(C)C. The van der Waals surface area contributed by atoms with Gasteiger partial charge >= 0.3 is 0 Å². The molecule has 0 saturated carbocycles. The topological polar surface area (TPSA) is 186 Å². The molecule has 5 atom stereocenters. The summed E-state index contributed by atoms with van der Waals surface area (Å²) in [6, 6.07) is 13.5. The van der Waals surface area contributed by atoms with Crippen LogP contribution in [0.2, 0.25) is 0 Å². The number of carbonyl (C=O) groups excluding carboxylic acids is 5. The number of hydrogen-bond donors (Lipinski definition) is 6. The highest BCUT2D eigenvalue weighted by molar-refractivity contribution is 5.96. The minimum absolute atomic E-state index is 0.0831. The molecule has 2 aromatic carbocycles. The molecule has 0 aliphatic rings. The maximum absolute atomic E-state index is 13.9. The molecule has 2 aromatic rings. The Bertz CT molecular complexity index is 1280. The molecule has 0 radical (unpaired) electrons. The summed E-state index contributed by atoms with van der Waals surface area (Å²) in [4.78, 5) is 66.1. The van der Waals surface area contributed by atoms with Gasteiger partial charge in [0.2, 0.25) is 29.5 Å². The van der Waals surface area contributed by atoms with Gasteiger partial charge in [0.25, 0.3) is 0 Å². The second-order valence-electron chi connectivity index (χ2n) is 13.1. The van der Waals surface area contributed by atoms with Crippen LogP contribution in [0.3, 0.4) is 0 Å². The molecule has 0 fully saturated rings. The summed E-state index contributed by atoms with van der Waals surface area (Å²) in [5.41, 5.74) is 13.2. The van der Waals surface area contributed by atoms with Gasteiger partial charge in [0.15, 0.2) is 0 Å². The summed E-state index contributed by atoms with van der Waals surface area (Å²) in [5, 5.41) is 11.1. The van der Waals surface area contributed by atoms with E-state index in [0.29, 0.717) is 12.8 Å². The van der Waals surface area contributed by atoms with E-state index in [1.807, 2.05) is 88.4 Å². The van der Waals surface area contributed by atoms with Crippen molar-refractivity contribution in [1.82, 2.24) is 21.3 Å². The molecule has 0 aromatic heterocycles. The standard InChI is InChI=1S/C35H52N6O5/c1-21(2)17-26(36)32(43)41-30(23(5)6)35(46)40-29(20-25-15-11-8-12-16-25)34(45)39-28(19-24-13-9-7-10-14-24)33(44)38-27(31(37)42)18-22(3)4/h7-16,21-23,26-30H,17-20,36H2,1-6H3,(H2,37,42)(H,38,44)(H,39,45)(H,40,46)(H,41,43)/t26-,27-,28-,29-,30-/m1/s1. The Morgan fingerprint density at radius 3 is 1.37 bits per heavy atom. The Morgan fingerprint density at radius 2 is 0.978 bits per heavy atom. The predicted molar refractivity (Wildman–Crippen MR) is 179 cm³/mol. The van der Waals surface area contributed by atoms with Crippen LogP contribution in [-0.4, -0.2) is 59.7 Å². The van der Waals surface area contributed by atoms with Crippen LogP contribution in [0.15, 0.2) is 60.7 Å². The van der Waals surface area contributed by atoms with E-state index < -0.39 is 59.7 Å². The zero-order valence-electron chi connectivity index (χ0n) is 27.9. The summed E-state index contributed by atoms with van der Waals surface area (Å²) in [7, 11) is 0. The van der Waals surface area contributed by atoms with Crippen LogP contribution < -0.4 is 32.7 Å². The van der Waals surface area contributed by atoms with Gasteiger partial charge in [-0.2, -0.15) is 0 Å². The van der Waals surface area contributed by atoms with Gasteiger partial charge in [-0.1, -0.05) is 102 Å². The van der Waals surface area contributed by atoms with E-state index in [2.05, 4.69) is 21.3 Å². The van der Waals surface area contributed by atoms with Crippen LogP contribution in [0.5, 0.6) is 0 Å². The Labute approximate surface area is 273 Å². The zero-order chi connectivity index (χ0) is 34.4. The van der Waals surface area contributed by atoms with Crippen molar-refractivity contribution < 1.29 is 24.0 Å². The molecule has 46 heavy (non-hydrogen) atoms. The fourth-order valence-electron chi connectivity index (χ4n) is 5.05. The van der Waals surface area contributed by atoms with Gasteiger partial charge in [-0.05, 0) is 41.7 Å². The molecule has 8 N–H and O–H groups in total. The molecule has 0 spiro atoms. The van der Waals surface area contributed by atoms with Gasteiger partial charge in [0, 0.05) is 12.8 Å². The van der Waals surface area contributed by atoms with Gasteiger partial charge in [-0.15, -0.1) is 0 Å². The maximum atomic E-state index is 13.9. The molecular formula is C35H52N6O5. The number of amides is 5. The third-order valence-electron chi connectivity index (χ3n) is 7.51. The smallest absolute Gasteiger partial charge is 0.243 e. The minimum Gasteiger partial charge on any atom is -0.368 e. The number of benzene rings is 2. The van der Waals surface area contributed by atoms with Gasteiger partial charge in [0.1, 0.15) is 24.2 Å². The largest absolute Gasteiger partial charge is 0.368 e. The summed E-state index contributed by atoms with van der Waals surface area (Å²) in [5.74, 6) is -2.87. The van der Waals surface area contributed by atoms with Crippen LogP contribution in [0.4, 0.5) is 0 Å². The van der Waals surface area contributed by atoms with Crippen molar-refractivity contribution >= 4 is 29.5 Å². The van der Waals surface area contributed by atoms with E-state index in [9.17, 15) is 24.0 Å². The van der Waals surface area contributed by atoms with Crippen molar-refractivity contribution in [1.29, 1.82) is 0 Å². The molecular weight excluding hydrogens is 584 g/mol. The van der Waals surface area contributed by atoms with E-state index >= 15 is 0 Å². The van der Waals surface area contributed by atoms with Crippen LogP contribution in [0, 0.1) is 17.8 Å². The number of rotatable bonds is 18. The zero-order valence-corrected chi connectivity index (χ0v) is 27.9. The minimum atomic E-state index is -1.09. The third kappa shape index (κ3) is 13.0. The first-order valence-corrected chi connectivity index (χ1v) is 16.0. The van der Waals surface area contributed by atoms with Crippen molar-refractivity contribution in [3.05, 3.63) is 71.8 Å².